The molecule has 4 aliphatic rings. The highest BCUT2D eigenvalue weighted by Gasteiger charge is 2.60. The van der Waals surface area contributed by atoms with Crippen LogP contribution in [0.15, 0.2) is 11.6 Å². The third-order valence-corrected chi connectivity index (χ3v) is 12.5. The molecule has 0 spiro atoms. The van der Waals surface area contributed by atoms with Crippen molar-refractivity contribution in [3.63, 3.8) is 0 Å². The largest absolute Gasteiger partial charge is 0.446 e. The number of amides is 1. The summed E-state index contributed by atoms with van der Waals surface area (Å²) in [6.07, 6.45) is 17.0. The lowest BCUT2D eigenvalue weighted by Crippen LogP contribution is -2.64. The number of likely N-dealkylation sites (N-methyl/N-ethyl adjacent to an activating group) is 1. The Kier molecular flexibility index (Phi) is 9.53. The Morgan fingerprint density at radius 2 is 1.95 bits per heavy atom. The van der Waals surface area contributed by atoms with Gasteiger partial charge in [0.15, 0.2) is 0 Å². The summed E-state index contributed by atoms with van der Waals surface area (Å²) in [4.78, 5) is 14.8. The molecule has 0 saturated heterocycles. The Bertz CT molecular complexity index is 882. The molecule has 0 aromatic rings. The van der Waals surface area contributed by atoms with E-state index in [0.29, 0.717) is 18.4 Å². The van der Waals surface area contributed by atoms with Crippen molar-refractivity contribution in [2.45, 2.75) is 136 Å². The quantitative estimate of drug-likeness (QED) is 0.279. The molecule has 39 heavy (non-hydrogen) atoms. The molecule has 2 unspecified atom stereocenters. The smallest absolute Gasteiger partial charge is 0.407 e. The van der Waals surface area contributed by atoms with Crippen LogP contribution in [0.2, 0.25) is 0 Å². The van der Waals surface area contributed by atoms with Crippen LogP contribution >= 0.6 is 0 Å². The second kappa shape index (κ2) is 12.0. The maximum Gasteiger partial charge on any atom is 0.407 e. The average molecular weight is 544 g/mol. The minimum absolute atomic E-state index is 0.0259. The number of rotatable bonds is 10. The maximum atomic E-state index is 12.6. The van der Waals surface area contributed by atoms with Crippen LogP contribution in [-0.2, 0) is 4.74 Å². The number of carbonyl (C=O) groups excluding carboxylic acids is 1. The van der Waals surface area contributed by atoms with Gasteiger partial charge < -0.3 is 20.7 Å². The number of nitrogens with two attached hydrogens (primary N) is 1. The zero-order valence-corrected chi connectivity index (χ0v) is 26.7. The Hall–Kier alpha value is -1.07. The molecule has 5 nitrogen and oxygen atoms in total. The van der Waals surface area contributed by atoms with Crippen LogP contribution in [0.5, 0.6) is 0 Å². The zero-order valence-electron chi connectivity index (χ0n) is 26.7. The van der Waals surface area contributed by atoms with Crippen LogP contribution in [0.25, 0.3) is 0 Å². The first-order valence-corrected chi connectivity index (χ1v) is 16.4. The summed E-state index contributed by atoms with van der Waals surface area (Å²) in [7, 11) is 4.08. The lowest BCUT2D eigenvalue weighted by atomic mass is 9.47. The molecule has 3 fully saturated rings. The van der Waals surface area contributed by atoms with Crippen molar-refractivity contribution < 1.29 is 9.53 Å². The molecule has 4 rings (SSSR count). The van der Waals surface area contributed by atoms with Crippen LogP contribution in [0.3, 0.4) is 0 Å². The highest BCUT2D eigenvalue weighted by Crippen LogP contribution is 2.63. The highest BCUT2D eigenvalue weighted by atomic mass is 16.6. The summed E-state index contributed by atoms with van der Waals surface area (Å²) < 4.78 is 5.94. The van der Waals surface area contributed by atoms with Gasteiger partial charge >= 0.3 is 6.09 Å². The predicted octanol–water partition coefficient (Wildman–Crippen LogP) is 7.54. The van der Waals surface area contributed by atoms with Gasteiger partial charge in [-0.1, -0.05) is 65.0 Å². The normalized spacial score (nSPS) is 37.1. The summed E-state index contributed by atoms with van der Waals surface area (Å²) in [5.74, 6) is 4.66. The SMILES string of the molecule is CC[C@H](CCCC1CCC2[C@@H]1CC[C@@H]1[C@@]3(C)CC[C@H](OC(=O)NCC(C)(C)N(C)C)CC3=CC[C@@]21N)C(C)C. The van der Waals surface area contributed by atoms with Crippen molar-refractivity contribution in [3.05, 3.63) is 11.6 Å². The topological polar surface area (TPSA) is 67.6 Å². The van der Waals surface area contributed by atoms with Crippen molar-refractivity contribution in [1.82, 2.24) is 10.2 Å². The van der Waals surface area contributed by atoms with Gasteiger partial charge in [-0.15, -0.1) is 0 Å². The molecule has 0 heterocycles. The van der Waals surface area contributed by atoms with E-state index in [1.54, 1.807) is 0 Å². The monoisotopic (exact) mass is 543 g/mol. The Morgan fingerprint density at radius 1 is 1.21 bits per heavy atom. The molecular weight excluding hydrogens is 482 g/mol. The van der Waals surface area contributed by atoms with Crippen molar-refractivity contribution in [2.24, 2.45) is 46.7 Å². The van der Waals surface area contributed by atoms with Gasteiger partial charge in [-0.2, -0.15) is 0 Å². The molecule has 224 valence electrons. The van der Waals surface area contributed by atoms with Crippen LogP contribution in [-0.4, -0.2) is 48.8 Å². The minimum atomic E-state index is -0.278. The molecule has 8 atom stereocenters. The highest BCUT2D eigenvalue weighted by molar-refractivity contribution is 5.67. The summed E-state index contributed by atoms with van der Waals surface area (Å²) >= 11 is 0. The third kappa shape index (κ3) is 6.25. The number of hydrogen-bond donors (Lipinski definition) is 2. The van der Waals surface area contributed by atoms with Crippen LogP contribution in [0.1, 0.15) is 119 Å². The van der Waals surface area contributed by atoms with Gasteiger partial charge in [-0.05, 0) is 114 Å². The fourth-order valence-electron chi connectivity index (χ4n) is 9.31. The molecule has 3 N–H and O–H groups in total. The molecule has 3 saturated carbocycles. The van der Waals surface area contributed by atoms with Gasteiger partial charge in [0.25, 0.3) is 0 Å². The van der Waals surface area contributed by atoms with E-state index in [1.807, 2.05) is 14.1 Å². The van der Waals surface area contributed by atoms with Crippen LogP contribution in [0, 0.1) is 40.9 Å². The van der Waals surface area contributed by atoms with E-state index < -0.39 is 0 Å². The molecule has 4 aliphatic carbocycles. The van der Waals surface area contributed by atoms with Crippen molar-refractivity contribution >= 4 is 6.09 Å². The lowest BCUT2D eigenvalue weighted by Gasteiger charge is -2.60. The number of hydrogen-bond acceptors (Lipinski definition) is 4. The second-order valence-electron chi connectivity index (χ2n) is 15.4. The molecule has 0 radical (unpaired) electrons. The van der Waals surface area contributed by atoms with Crippen LogP contribution < -0.4 is 11.1 Å². The Morgan fingerprint density at radius 3 is 2.62 bits per heavy atom. The van der Waals surface area contributed by atoms with Crippen molar-refractivity contribution in [2.75, 3.05) is 20.6 Å². The maximum absolute atomic E-state index is 12.6. The first kappa shape index (κ1) is 30.9. The van der Waals surface area contributed by atoms with E-state index in [-0.39, 0.29) is 28.7 Å². The molecule has 0 aromatic heterocycles. The van der Waals surface area contributed by atoms with Gasteiger partial charge in [0.2, 0.25) is 0 Å². The van der Waals surface area contributed by atoms with E-state index in [9.17, 15) is 4.79 Å². The fourth-order valence-corrected chi connectivity index (χ4v) is 9.31. The molecule has 0 aliphatic heterocycles. The standard InChI is InChI=1S/C34H61N3O2/c1-9-24(23(2)3)11-10-12-25-13-15-29-28(25)14-16-30-33(6)19-18-27(21-26(33)17-20-34(29,30)35)39-31(38)36-22-32(4,5)37(7)8/h17,23-25,27-30H,9-16,18-22,35H2,1-8H3,(H,36,38)/t24-,25?,27+,28-,29?,30-,33+,34-/m1/s1. The van der Waals surface area contributed by atoms with E-state index in [1.165, 1.54) is 56.9 Å². The molecule has 1 amide bonds. The van der Waals surface area contributed by atoms with Gasteiger partial charge in [-0.25, -0.2) is 4.79 Å². The van der Waals surface area contributed by atoms with Gasteiger partial charge in [0.05, 0.1) is 0 Å². The summed E-state index contributed by atoms with van der Waals surface area (Å²) in [5.41, 5.74) is 9.03. The number of carbonyl (C=O) groups is 1. The number of nitrogens with zero attached hydrogens (tertiary/aromatic N) is 1. The number of nitrogens with one attached hydrogen (secondary N) is 1. The zero-order chi connectivity index (χ0) is 28.6. The Balaban J connectivity index is 1.35. The summed E-state index contributed by atoms with van der Waals surface area (Å²) in [6.45, 7) is 14.5. The average Bonchev–Trinajstić information content (AvgIpc) is 3.29. The van der Waals surface area contributed by atoms with Crippen molar-refractivity contribution in [1.29, 1.82) is 0 Å². The number of alkyl carbamates (subject to hydrolysis) is 1. The van der Waals surface area contributed by atoms with E-state index >= 15 is 0 Å². The predicted molar refractivity (Wildman–Crippen MR) is 163 cm³/mol. The molecule has 0 bridgehead atoms. The van der Waals surface area contributed by atoms with Gasteiger partial charge in [0.1, 0.15) is 6.10 Å². The fraction of sp³-hybridized carbons (Fsp3) is 0.912. The molecular formula is C34H61N3O2. The molecule has 0 aromatic carbocycles. The van der Waals surface area contributed by atoms with Gasteiger partial charge in [-0.3, -0.25) is 0 Å². The minimum Gasteiger partial charge on any atom is -0.446 e. The van der Waals surface area contributed by atoms with Gasteiger partial charge in [0, 0.05) is 24.0 Å². The first-order chi connectivity index (χ1) is 18.3. The lowest BCUT2D eigenvalue weighted by molar-refractivity contribution is -0.0332. The summed E-state index contributed by atoms with van der Waals surface area (Å²) in [5, 5.41) is 3.00. The van der Waals surface area contributed by atoms with Crippen LogP contribution in [0.4, 0.5) is 4.79 Å². The first-order valence-electron chi connectivity index (χ1n) is 16.4. The van der Waals surface area contributed by atoms with Crippen molar-refractivity contribution in [3.8, 4) is 0 Å². The number of ether oxygens (including phenoxy) is 1. The second-order valence-corrected chi connectivity index (χ2v) is 15.4. The molecule has 5 heteroatoms. The van der Waals surface area contributed by atoms with E-state index in [4.69, 9.17) is 10.5 Å². The Labute approximate surface area is 240 Å². The number of fused-ring (bicyclic) bond motifs is 5. The van der Waals surface area contributed by atoms with E-state index in [2.05, 4.69) is 57.8 Å². The van der Waals surface area contributed by atoms with E-state index in [0.717, 1.165) is 49.4 Å². The third-order valence-electron chi connectivity index (χ3n) is 12.5. The summed E-state index contributed by atoms with van der Waals surface area (Å²) in [6, 6.07) is 0.